The topological polar surface area (TPSA) is 41.5 Å². The summed E-state index contributed by atoms with van der Waals surface area (Å²) in [4.78, 5) is 0. The summed E-state index contributed by atoms with van der Waals surface area (Å²) in [6.45, 7) is 7.83. The largest absolute Gasteiger partial charge is 0.493 e. The number of aliphatic hydroxyl groups is 1. The molecule has 2 rings (SSSR count). The molecule has 0 spiro atoms. The van der Waals surface area contributed by atoms with E-state index in [2.05, 4.69) is 32.2 Å². The van der Waals surface area contributed by atoms with Crippen LogP contribution in [0.15, 0.2) is 24.3 Å². The molecule has 0 aromatic heterocycles. The minimum Gasteiger partial charge on any atom is -0.493 e. The van der Waals surface area contributed by atoms with Gasteiger partial charge in [0.25, 0.3) is 0 Å². The zero-order valence-electron chi connectivity index (χ0n) is 12.1. The van der Waals surface area contributed by atoms with Crippen molar-refractivity contribution < 1.29 is 9.84 Å². The van der Waals surface area contributed by atoms with E-state index in [1.807, 2.05) is 18.2 Å². The van der Waals surface area contributed by atoms with Crippen LogP contribution in [0.5, 0.6) is 5.75 Å². The van der Waals surface area contributed by atoms with E-state index in [9.17, 15) is 5.11 Å². The highest BCUT2D eigenvalue weighted by atomic mass is 16.5. The third-order valence-corrected chi connectivity index (χ3v) is 3.41. The molecule has 0 fully saturated rings. The molecular weight excluding hydrogens is 238 g/mol. The lowest BCUT2D eigenvalue weighted by Gasteiger charge is -2.29. The molecule has 19 heavy (non-hydrogen) atoms. The summed E-state index contributed by atoms with van der Waals surface area (Å²) in [6, 6.07) is 8.43. The van der Waals surface area contributed by atoms with Gasteiger partial charge in [0.1, 0.15) is 5.75 Å². The molecule has 2 unspecified atom stereocenters. The van der Waals surface area contributed by atoms with Gasteiger partial charge in [0.05, 0.1) is 12.7 Å². The third-order valence-electron chi connectivity index (χ3n) is 3.41. The maximum Gasteiger partial charge on any atom is 0.124 e. The Balaban J connectivity index is 1.91. The zero-order chi connectivity index (χ0) is 13.9. The highest BCUT2D eigenvalue weighted by Gasteiger charge is 2.22. The van der Waals surface area contributed by atoms with Crippen LogP contribution in [0.2, 0.25) is 0 Å². The maximum absolute atomic E-state index is 10.1. The summed E-state index contributed by atoms with van der Waals surface area (Å²) in [5.74, 6) is 0.969. The smallest absolute Gasteiger partial charge is 0.124 e. The Morgan fingerprint density at radius 3 is 2.84 bits per heavy atom. The number of benzene rings is 1. The molecule has 106 valence electrons. The first-order chi connectivity index (χ1) is 8.96. The van der Waals surface area contributed by atoms with E-state index in [1.165, 1.54) is 5.56 Å². The van der Waals surface area contributed by atoms with Gasteiger partial charge in [-0.15, -0.1) is 0 Å². The number of hydrogen-bond acceptors (Lipinski definition) is 3. The van der Waals surface area contributed by atoms with Crippen molar-refractivity contribution in [3.8, 4) is 5.75 Å². The summed E-state index contributed by atoms with van der Waals surface area (Å²) >= 11 is 0. The molecule has 1 aromatic rings. The monoisotopic (exact) mass is 263 g/mol. The molecule has 0 saturated heterocycles. The first kappa shape index (κ1) is 14.4. The van der Waals surface area contributed by atoms with Crippen molar-refractivity contribution in [1.29, 1.82) is 0 Å². The summed E-state index contributed by atoms with van der Waals surface area (Å²) in [7, 11) is 0. The molecule has 1 heterocycles. The summed E-state index contributed by atoms with van der Waals surface area (Å²) in [5.41, 5.74) is 1.37. The van der Waals surface area contributed by atoms with Crippen LogP contribution >= 0.6 is 0 Å². The lowest BCUT2D eigenvalue weighted by molar-refractivity contribution is 0.113. The average Bonchev–Trinajstić information content (AvgIpc) is 2.34. The van der Waals surface area contributed by atoms with E-state index in [4.69, 9.17) is 4.74 Å². The second-order valence-corrected chi connectivity index (χ2v) is 6.55. The Labute approximate surface area is 116 Å². The molecule has 0 saturated carbocycles. The van der Waals surface area contributed by atoms with Crippen LogP contribution in [0.1, 0.15) is 45.2 Å². The van der Waals surface area contributed by atoms with Gasteiger partial charge in [0.15, 0.2) is 0 Å². The SMILES string of the molecule is CC(C)(C)CC(O)CNC1CCOc2ccccc21. The van der Waals surface area contributed by atoms with E-state index in [0.717, 1.165) is 25.2 Å². The normalized spacial score (nSPS) is 20.5. The van der Waals surface area contributed by atoms with E-state index >= 15 is 0 Å². The highest BCUT2D eigenvalue weighted by Crippen LogP contribution is 2.31. The fourth-order valence-electron chi connectivity index (χ4n) is 2.61. The molecule has 1 aromatic carbocycles. The molecule has 2 N–H and O–H groups in total. The van der Waals surface area contributed by atoms with Crippen molar-refractivity contribution in [2.24, 2.45) is 5.41 Å². The Morgan fingerprint density at radius 1 is 1.37 bits per heavy atom. The van der Waals surface area contributed by atoms with Gasteiger partial charge in [-0.3, -0.25) is 0 Å². The van der Waals surface area contributed by atoms with Gasteiger partial charge in [0, 0.05) is 24.6 Å². The first-order valence-corrected chi connectivity index (χ1v) is 7.09. The molecule has 0 amide bonds. The number of aliphatic hydroxyl groups excluding tert-OH is 1. The van der Waals surface area contributed by atoms with Gasteiger partial charge in [-0.05, 0) is 17.9 Å². The lowest BCUT2D eigenvalue weighted by Crippen LogP contribution is -2.34. The second-order valence-electron chi connectivity index (χ2n) is 6.55. The van der Waals surface area contributed by atoms with E-state index in [1.54, 1.807) is 0 Å². The van der Waals surface area contributed by atoms with E-state index in [-0.39, 0.29) is 11.5 Å². The lowest BCUT2D eigenvalue weighted by atomic mass is 9.89. The van der Waals surface area contributed by atoms with Gasteiger partial charge in [0.2, 0.25) is 0 Å². The number of hydrogen-bond donors (Lipinski definition) is 2. The molecule has 0 aliphatic carbocycles. The number of nitrogens with one attached hydrogen (secondary N) is 1. The van der Waals surface area contributed by atoms with Gasteiger partial charge in [-0.1, -0.05) is 39.0 Å². The second kappa shape index (κ2) is 5.93. The summed E-state index contributed by atoms with van der Waals surface area (Å²) < 4.78 is 5.64. The minimum atomic E-state index is -0.296. The summed E-state index contributed by atoms with van der Waals surface area (Å²) in [5, 5.41) is 13.5. The molecule has 1 aliphatic rings. The standard InChI is InChI=1S/C16H25NO2/c1-16(2,3)10-12(18)11-17-14-8-9-19-15-7-5-4-6-13(14)15/h4-7,12,14,17-18H,8-11H2,1-3H3. The first-order valence-electron chi connectivity index (χ1n) is 7.09. The van der Waals surface area contributed by atoms with Crippen LogP contribution in [0, 0.1) is 5.41 Å². The van der Waals surface area contributed by atoms with Gasteiger partial charge in [-0.25, -0.2) is 0 Å². The molecular formula is C16H25NO2. The van der Waals surface area contributed by atoms with Crippen LogP contribution < -0.4 is 10.1 Å². The van der Waals surface area contributed by atoms with Crippen LogP contribution in [0.3, 0.4) is 0 Å². The van der Waals surface area contributed by atoms with Gasteiger partial charge < -0.3 is 15.2 Å². The predicted molar refractivity (Wildman–Crippen MR) is 77.4 cm³/mol. The number of fused-ring (bicyclic) bond motifs is 1. The minimum absolute atomic E-state index is 0.161. The van der Waals surface area contributed by atoms with E-state index in [0.29, 0.717) is 12.6 Å². The molecule has 3 nitrogen and oxygen atoms in total. The Morgan fingerprint density at radius 2 is 2.11 bits per heavy atom. The highest BCUT2D eigenvalue weighted by molar-refractivity contribution is 5.37. The molecule has 0 radical (unpaired) electrons. The van der Waals surface area contributed by atoms with Crippen molar-refractivity contribution >= 4 is 0 Å². The predicted octanol–water partition coefficient (Wildman–Crippen LogP) is 2.90. The Hall–Kier alpha value is -1.06. The van der Waals surface area contributed by atoms with Crippen molar-refractivity contribution in [2.75, 3.05) is 13.2 Å². The van der Waals surface area contributed by atoms with Crippen LogP contribution in [-0.4, -0.2) is 24.4 Å². The zero-order valence-corrected chi connectivity index (χ0v) is 12.1. The van der Waals surface area contributed by atoms with Crippen molar-refractivity contribution in [3.63, 3.8) is 0 Å². The van der Waals surface area contributed by atoms with E-state index < -0.39 is 0 Å². The van der Waals surface area contributed by atoms with Gasteiger partial charge >= 0.3 is 0 Å². The summed E-state index contributed by atoms with van der Waals surface area (Å²) in [6.07, 6.45) is 1.47. The number of ether oxygens (including phenoxy) is 1. The average molecular weight is 263 g/mol. The molecule has 3 heteroatoms. The van der Waals surface area contributed by atoms with Crippen molar-refractivity contribution in [3.05, 3.63) is 29.8 Å². The number of rotatable bonds is 4. The maximum atomic E-state index is 10.1. The van der Waals surface area contributed by atoms with Crippen LogP contribution in [0.4, 0.5) is 0 Å². The van der Waals surface area contributed by atoms with Crippen molar-refractivity contribution in [2.45, 2.75) is 45.8 Å². The Bertz CT molecular complexity index is 411. The van der Waals surface area contributed by atoms with Crippen LogP contribution in [-0.2, 0) is 0 Å². The number of para-hydroxylation sites is 1. The molecule has 2 atom stereocenters. The quantitative estimate of drug-likeness (QED) is 0.877. The molecule has 0 bridgehead atoms. The molecule has 1 aliphatic heterocycles. The van der Waals surface area contributed by atoms with Crippen molar-refractivity contribution in [1.82, 2.24) is 5.32 Å². The fourth-order valence-corrected chi connectivity index (χ4v) is 2.61. The fraction of sp³-hybridized carbons (Fsp3) is 0.625. The third kappa shape index (κ3) is 4.22. The van der Waals surface area contributed by atoms with Gasteiger partial charge in [-0.2, -0.15) is 0 Å². The Kier molecular flexibility index (Phi) is 4.48. The van der Waals surface area contributed by atoms with Crippen LogP contribution in [0.25, 0.3) is 0 Å².